The second-order valence-electron chi connectivity index (χ2n) is 7.80. The molecule has 2 aromatic heterocycles. The summed E-state index contributed by atoms with van der Waals surface area (Å²) in [6.07, 6.45) is 9.48. The van der Waals surface area contributed by atoms with Crippen molar-refractivity contribution < 1.29 is 4.79 Å². The van der Waals surface area contributed by atoms with Crippen LogP contribution in [0.15, 0.2) is 25.0 Å². The molecule has 1 N–H and O–H groups in total. The fraction of sp³-hybridized carbons (Fsp3) is 0.611. The molecule has 0 bridgehead atoms. The number of aromatic nitrogens is 4. The molecule has 136 valence electrons. The van der Waals surface area contributed by atoms with Gasteiger partial charge in [0.25, 0.3) is 0 Å². The molecule has 7 nitrogen and oxygen atoms in total. The van der Waals surface area contributed by atoms with Crippen molar-refractivity contribution in [1.29, 1.82) is 0 Å². The number of carbonyl (C=O) groups excluding carboxylic acids is 1. The number of aryl methyl sites for hydroxylation is 1. The molecule has 1 atom stereocenters. The van der Waals surface area contributed by atoms with Gasteiger partial charge in [-0.3, -0.25) is 0 Å². The van der Waals surface area contributed by atoms with Crippen LogP contribution in [0.2, 0.25) is 0 Å². The average Bonchev–Trinajstić information content (AvgIpc) is 3.21. The third-order valence-electron chi connectivity index (χ3n) is 4.85. The summed E-state index contributed by atoms with van der Waals surface area (Å²) in [6.45, 7) is 8.57. The van der Waals surface area contributed by atoms with E-state index in [1.807, 2.05) is 29.0 Å². The van der Waals surface area contributed by atoms with Crippen molar-refractivity contribution in [2.24, 2.45) is 7.05 Å². The number of likely N-dealkylation sites (tertiary alicyclic amines) is 1. The van der Waals surface area contributed by atoms with Crippen molar-refractivity contribution in [1.82, 2.24) is 29.3 Å². The van der Waals surface area contributed by atoms with Crippen LogP contribution in [0.3, 0.4) is 0 Å². The largest absolute Gasteiger partial charge is 0.336 e. The van der Waals surface area contributed by atoms with E-state index in [0.717, 1.165) is 31.6 Å². The van der Waals surface area contributed by atoms with E-state index in [1.165, 1.54) is 5.69 Å². The van der Waals surface area contributed by atoms with Crippen LogP contribution in [-0.4, -0.2) is 43.1 Å². The second-order valence-corrected chi connectivity index (χ2v) is 7.80. The number of rotatable bonds is 3. The first-order valence-electron chi connectivity index (χ1n) is 8.87. The Morgan fingerprint density at radius 2 is 2.04 bits per heavy atom. The fourth-order valence-electron chi connectivity index (χ4n) is 3.40. The third kappa shape index (κ3) is 3.86. The number of hydrogen-bond donors (Lipinski definition) is 1. The number of carbonyl (C=O) groups is 1. The topological polar surface area (TPSA) is 68.0 Å². The molecule has 7 heteroatoms. The van der Waals surface area contributed by atoms with Crippen molar-refractivity contribution in [3.05, 3.63) is 36.4 Å². The Balaban J connectivity index is 1.64. The highest BCUT2D eigenvalue weighted by molar-refractivity contribution is 5.74. The van der Waals surface area contributed by atoms with E-state index in [4.69, 9.17) is 0 Å². The van der Waals surface area contributed by atoms with Crippen LogP contribution >= 0.6 is 0 Å². The molecule has 0 radical (unpaired) electrons. The van der Waals surface area contributed by atoms with Gasteiger partial charge in [-0.05, 0) is 33.6 Å². The first-order valence-corrected chi connectivity index (χ1v) is 8.87. The van der Waals surface area contributed by atoms with Crippen molar-refractivity contribution >= 4 is 6.03 Å². The van der Waals surface area contributed by atoms with Crippen LogP contribution in [0.4, 0.5) is 4.79 Å². The fourth-order valence-corrected chi connectivity index (χ4v) is 3.40. The minimum atomic E-state index is -0.00674. The summed E-state index contributed by atoms with van der Waals surface area (Å²) in [5.41, 5.74) is 2.21. The molecule has 1 saturated heterocycles. The molecule has 3 rings (SSSR count). The number of piperidine rings is 1. The van der Waals surface area contributed by atoms with Gasteiger partial charge in [0.05, 0.1) is 24.9 Å². The Kier molecular flexibility index (Phi) is 4.83. The highest BCUT2D eigenvalue weighted by Crippen LogP contribution is 2.29. The Morgan fingerprint density at radius 3 is 2.72 bits per heavy atom. The Morgan fingerprint density at radius 1 is 1.28 bits per heavy atom. The monoisotopic (exact) mass is 344 g/mol. The van der Waals surface area contributed by atoms with Crippen LogP contribution < -0.4 is 5.32 Å². The number of urea groups is 1. The number of amides is 2. The van der Waals surface area contributed by atoms with E-state index in [0.29, 0.717) is 12.5 Å². The zero-order valence-electron chi connectivity index (χ0n) is 15.6. The standard InChI is InChI=1S/C18H28N6O/c1-18(2,3)24-13-20-10-16(24)14-6-5-7-23(11-14)17(25)21-9-15-8-19-12-22(15)4/h8,10,12-14H,5-7,9,11H2,1-4H3,(H,21,25). The van der Waals surface area contributed by atoms with Crippen molar-refractivity contribution in [2.75, 3.05) is 13.1 Å². The number of hydrogen-bond acceptors (Lipinski definition) is 3. The van der Waals surface area contributed by atoms with E-state index in [9.17, 15) is 4.79 Å². The predicted molar refractivity (Wildman–Crippen MR) is 96.2 cm³/mol. The lowest BCUT2D eigenvalue weighted by atomic mass is 9.94. The first kappa shape index (κ1) is 17.5. The Labute approximate surface area is 149 Å². The van der Waals surface area contributed by atoms with Gasteiger partial charge in [0, 0.05) is 49.7 Å². The summed E-state index contributed by atoms with van der Waals surface area (Å²) >= 11 is 0. The van der Waals surface area contributed by atoms with Gasteiger partial charge in [0.2, 0.25) is 0 Å². The summed E-state index contributed by atoms with van der Waals surface area (Å²) in [4.78, 5) is 22.9. The van der Waals surface area contributed by atoms with E-state index in [-0.39, 0.29) is 11.6 Å². The van der Waals surface area contributed by atoms with Crippen LogP contribution in [0.25, 0.3) is 0 Å². The van der Waals surface area contributed by atoms with Gasteiger partial charge in [0.15, 0.2) is 0 Å². The molecule has 0 spiro atoms. The van der Waals surface area contributed by atoms with Crippen LogP contribution in [-0.2, 0) is 19.1 Å². The van der Waals surface area contributed by atoms with Gasteiger partial charge in [-0.1, -0.05) is 0 Å². The van der Waals surface area contributed by atoms with Crippen molar-refractivity contribution in [3.63, 3.8) is 0 Å². The second kappa shape index (κ2) is 6.90. The lowest BCUT2D eigenvalue weighted by Gasteiger charge is -2.35. The number of nitrogens with zero attached hydrogens (tertiary/aromatic N) is 5. The molecule has 3 heterocycles. The normalized spacial score (nSPS) is 18.4. The SMILES string of the molecule is Cn1cncc1CNC(=O)N1CCCC(c2cncn2C(C)(C)C)C1. The van der Waals surface area contributed by atoms with Crippen molar-refractivity contribution in [3.8, 4) is 0 Å². The minimum absolute atomic E-state index is 0.00407. The molecule has 0 aromatic carbocycles. The summed E-state index contributed by atoms with van der Waals surface area (Å²) in [5, 5.41) is 3.01. The molecule has 1 aliphatic rings. The molecule has 1 unspecified atom stereocenters. The maximum Gasteiger partial charge on any atom is 0.317 e. The zero-order valence-corrected chi connectivity index (χ0v) is 15.6. The highest BCUT2D eigenvalue weighted by Gasteiger charge is 2.29. The summed E-state index contributed by atoms with van der Waals surface area (Å²) < 4.78 is 4.15. The highest BCUT2D eigenvalue weighted by atomic mass is 16.2. The van der Waals surface area contributed by atoms with E-state index < -0.39 is 0 Å². The number of nitrogens with one attached hydrogen (secondary N) is 1. The van der Waals surface area contributed by atoms with Gasteiger partial charge in [-0.25, -0.2) is 14.8 Å². The molecule has 2 amide bonds. The summed E-state index contributed by atoms with van der Waals surface area (Å²) in [5.74, 6) is 0.331. The van der Waals surface area contributed by atoms with E-state index >= 15 is 0 Å². The molecule has 1 aliphatic heterocycles. The average molecular weight is 344 g/mol. The third-order valence-corrected chi connectivity index (χ3v) is 4.85. The maximum absolute atomic E-state index is 12.6. The van der Waals surface area contributed by atoms with Gasteiger partial charge < -0.3 is 19.4 Å². The summed E-state index contributed by atoms with van der Waals surface area (Å²) in [6, 6.07) is -0.00674. The molecule has 1 fully saturated rings. The molecule has 0 saturated carbocycles. The molecular formula is C18H28N6O. The quantitative estimate of drug-likeness (QED) is 0.930. The first-order chi connectivity index (χ1) is 11.9. The Hall–Kier alpha value is -2.31. The molecule has 2 aromatic rings. The Bertz CT molecular complexity index is 726. The van der Waals surface area contributed by atoms with Crippen molar-refractivity contribution in [2.45, 2.75) is 51.6 Å². The maximum atomic E-state index is 12.6. The van der Waals surface area contributed by atoms with Gasteiger partial charge in [-0.15, -0.1) is 0 Å². The zero-order chi connectivity index (χ0) is 18.0. The van der Waals surface area contributed by atoms with Crippen LogP contribution in [0.1, 0.15) is 50.9 Å². The van der Waals surface area contributed by atoms with Gasteiger partial charge in [0.1, 0.15) is 0 Å². The molecule has 0 aliphatic carbocycles. The van der Waals surface area contributed by atoms with Crippen LogP contribution in [0.5, 0.6) is 0 Å². The number of imidazole rings is 2. The van der Waals surface area contributed by atoms with E-state index in [2.05, 4.69) is 40.6 Å². The molecular weight excluding hydrogens is 316 g/mol. The van der Waals surface area contributed by atoms with Gasteiger partial charge in [-0.2, -0.15) is 0 Å². The lowest BCUT2D eigenvalue weighted by molar-refractivity contribution is 0.176. The lowest BCUT2D eigenvalue weighted by Crippen LogP contribution is -2.45. The van der Waals surface area contributed by atoms with E-state index in [1.54, 1.807) is 12.5 Å². The van der Waals surface area contributed by atoms with Crippen LogP contribution in [0, 0.1) is 0 Å². The molecule has 25 heavy (non-hydrogen) atoms. The van der Waals surface area contributed by atoms with Gasteiger partial charge >= 0.3 is 6.03 Å². The predicted octanol–water partition coefficient (Wildman–Crippen LogP) is 2.46. The smallest absolute Gasteiger partial charge is 0.317 e. The summed E-state index contributed by atoms with van der Waals surface area (Å²) in [7, 11) is 1.93. The minimum Gasteiger partial charge on any atom is -0.336 e.